The maximum atomic E-state index is 11.6. The van der Waals surface area contributed by atoms with Gasteiger partial charge in [0.25, 0.3) is 0 Å². The number of benzene rings is 1. The molecule has 1 saturated heterocycles. The van der Waals surface area contributed by atoms with Crippen LogP contribution in [0, 0.1) is 0 Å². The van der Waals surface area contributed by atoms with Crippen LogP contribution in [0.2, 0.25) is 0 Å². The normalized spacial score (nSPS) is 19.3. The summed E-state index contributed by atoms with van der Waals surface area (Å²) in [6.07, 6.45) is 0.285. The maximum Gasteiger partial charge on any atom is 0.325 e. The van der Waals surface area contributed by atoms with E-state index in [2.05, 4.69) is 5.32 Å². The predicted molar refractivity (Wildman–Crippen MR) is 69.5 cm³/mol. The first-order valence-corrected chi connectivity index (χ1v) is 6.09. The van der Waals surface area contributed by atoms with E-state index < -0.39 is 12.2 Å². The predicted octanol–water partition coefficient (Wildman–Crippen LogP) is 0.464. The first-order valence-electron chi connectivity index (χ1n) is 6.09. The van der Waals surface area contributed by atoms with Gasteiger partial charge in [-0.25, -0.2) is 4.79 Å². The van der Waals surface area contributed by atoms with Gasteiger partial charge in [0, 0.05) is 6.54 Å². The van der Waals surface area contributed by atoms with Gasteiger partial charge in [-0.3, -0.25) is 10.1 Å². The van der Waals surface area contributed by atoms with Crippen LogP contribution in [-0.2, 0) is 11.2 Å². The number of rotatable bonds is 4. The third-order valence-corrected chi connectivity index (χ3v) is 3.10. The number of nitrogens with one attached hydrogen (secondary N) is 1. The number of nitrogens with two attached hydrogens (primary N) is 1. The molecule has 1 atom stereocenters. The van der Waals surface area contributed by atoms with E-state index in [0.717, 1.165) is 11.3 Å². The molecule has 3 N–H and O–H groups in total. The number of carbonyl (C=O) groups excluding carboxylic acids is 2. The van der Waals surface area contributed by atoms with Crippen LogP contribution in [0.25, 0.3) is 0 Å². The molecular weight excluding hydrogens is 246 g/mol. The minimum absolute atomic E-state index is 0.147. The quantitative estimate of drug-likeness (QED) is 0.826. The van der Waals surface area contributed by atoms with Crippen molar-refractivity contribution < 1.29 is 14.3 Å². The third-order valence-electron chi connectivity index (χ3n) is 3.10. The molecule has 1 fully saturated rings. The molecule has 2 rings (SSSR count). The van der Waals surface area contributed by atoms with E-state index in [9.17, 15) is 9.59 Å². The number of nitrogens with zero attached hydrogens (tertiary/aromatic N) is 1. The van der Waals surface area contributed by atoms with Gasteiger partial charge < -0.3 is 15.4 Å². The van der Waals surface area contributed by atoms with Crippen molar-refractivity contribution in [2.24, 2.45) is 5.73 Å². The van der Waals surface area contributed by atoms with Crippen molar-refractivity contribution in [2.45, 2.75) is 19.0 Å². The lowest BCUT2D eigenvalue weighted by Gasteiger charge is -2.32. The summed E-state index contributed by atoms with van der Waals surface area (Å²) in [5, 5.41) is 2.26. The highest BCUT2D eigenvalue weighted by molar-refractivity contribution is 5.97. The largest absolute Gasteiger partial charge is 0.497 e. The zero-order chi connectivity index (χ0) is 13.8. The van der Waals surface area contributed by atoms with Crippen molar-refractivity contribution in [1.29, 1.82) is 0 Å². The van der Waals surface area contributed by atoms with E-state index in [1.807, 2.05) is 24.3 Å². The Morgan fingerprint density at radius 2 is 2.05 bits per heavy atom. The Kier molecular flexibility index (Phi) is 4.01. The molecule has 1 aromatic rings. The molecule has 1 aromatic carbocycles. The zero-order valence-electron chi connectivity index (χ0n) is 10.8. The van der Waals surface area contributed by atoms with E-state index in [1.54, 1.807) is 7.11 Å². The van der Waals surface area contributed by atoms with Crippen LogP contribution in [0.15, 0.2) is 24.3 Å². The number of carbonyl (C=O) groups is 2. The van der Waals surface area contributed by atoms with Gasteiger partial charge in [-0.2, -0.15) is 0 Å². The van der Waals surface area contributed by atoms with E-state index in [4.69, 9.17) is 10.5 Å². The van der Waals surface area contributed by atoms with Crippen LogP contribution in [0.3, 0.4) is 0 Å². The highest BCUT2D eigenvalue weighted by Crippen LogP contribution is 2.13. The van der Waals surface area contributed by atoms with Crippen LogP contribution in [0.4, 0.5) is 4.79 Å². The number of imide groups is 1. The average Bonchev–Trinajstić information content (AvgIpc) is 2.38. The molecular formula is C13H17N3O3. The van der Waals surface area contributed by atoms with Gasteiger partial charge in [-0.15, -0.1) is 0 Å². The lowest BCUT2D eigenvalue weighted by Crippen LogP contribution is -2.58. The number of amides is 3. The van der Waals surface area contributed by atoms with Crippen LogP contribution < -0.4 is 15.8 Å². The molecule has 0 radical (unpaired) electrons. The van der Waals surface area contributed by atoms with E-state index in [0.29, 0.717) is 13.0 Å². The second-order valence-corrected chi connectivity index (χ2v) is 4.42. The van der Waals surface area contributed by atoms with Gasteiger partial charge in [-0.05, 0) is 24.1 Å². The van der Waals surface area contributed by atoms with E-state index in [1.165, 1.54) is 4.90 Å². The Labute approximate surface area is 111 Å². The van der Waals surface area contributed by atoms with Crippen molar-refractivity contribution in [2.75, 3.05) is 13.7 Å². The molecule has 1 heterocycles. The van der Waals surface area contributed by atoms with Gasteiger partial charge in [-0.1, -0.05) is 12.1 Å². The molecule has 1 unspecified atom stereocenters. The summed E-state index contributed by atoms with van der Waals surface area (Å²) in [6, 6.07) is 7.20. The molecule has 6 nitrogen and oxygen atoms in total. The summed E-state index contributed by atoms with van der Waals surface area (Å²) < 4.78 is 5.08. The van der Waals surface area contributed by atoms with Crippen molar-refractivity contribution in [3.05, 3.63) is 29.8 Å². The van der Waals surface area contributed by atoms with Crippen molar-refractivity contribution in [1.82, 2.24) is 10.2 Å². The summed E-state index contributed by atoms with van der Waals surface area (Å²) in [7, 11) is 1.61. The van der Waals surface area contributed by atoms with Crippen LogP contribution in [-0.4, -0.2) is 36.7 Å². The van der Waals surface area contributed by atoms with Crippen molar-refractivity contribution >= 4 is 11.9 Å². The monoisotopic (exact) mass is 263 g/mol. The first-order chi connectivity index (χ1) is 9.10. The van der Waals surface area contributed by atoms with Crippen LogP contribution in [0.5, 0.6) is 5.75 Å². The summed E-state index contributed by atoms with van der Waals surface area (Å²) in [5.41, 5.74) is 6.88. The fraction of sp³-hybridized carbons (Fsp3) is 0.385. The highest BCUT2D eigenvalue weighted by Gasteiger charge is 2.29. The molecule has 0 aromatic heterocycles. The average molecular weight is 263 g/mol. The number of urea groups is 1. The van der Waals surface area contributed by atoms with Gasteiger partial charge >= 0.3 is 6.03 Å². The molecule has 19 heavy (non-hydrogen) atoms. The zero-order valence-corrected chi connectivity index (χ0v) is 10.8. The molecule has 0 aliphatic carbocycles. The topological polar surface area (TPSA) is 84.7 Å². The molecule has 1 aliphatic heterocycles. The Bertz CT molecular complexity index is 473. The summed E-state index contributed by atoms with van der Waals surface area (Å²) in [5.74, 6) is 0.472. The first kappa shape index (κ1) is 13.4. The third kappa shape index (κ3) is 3.23. The Morgan fingerprint density at radius 3 is 2.63 bits per heavy atom. The molecule has 1 aliphatic rings. The van der Waals surface area contributed by atoms with Gasteiger partial charge in [0.2, 0.25) is 5.91 Å². The molecule has 0 spiro atoms. The van der Waals surface area contributed by atoms with E-state index in [-0.39, 0.29) is 12.3 Å². The molecule has 0 saturated carbocycles. The summed E-state index contributed by atoms with van der Waals surface area (Å²) >= 11 is 0. The summed E-state index contributed by atoms with van der Waals surface area (Å²) in [6.45, 7) is 0.479. The number of ether oxygens (including phenoxy) is 1. The molecule has 102 valence electrons. The SMILES string of the molecule is COc1ccc(CCN2C(=O)NC(=O)CC2N)cc1. The van der Waals surface area contributed by atoms with Crippen LogP contribution in [0.1, 0.15) is 12.0 Å². The standard InChI is InChI=1S/C13H17N3O3/c1-19-10-4-2-9(3-5-10)6-7-16-11(14)8-12(17)15-13(16)18/h2-5,11H,6-8,14H2,1H3,(H,15,17,18). The molecule has 3 amide bonds. The lowest BCUT2D eigenvalue weighted by atomic mass is 10.1. The molecule has 6 heteroatoms. The Hall–Kier alpha value is -2.08. The Morgan fingerprint density at radius 1 is 1.37 bits per heavy atom. The number of methoxy groups -OCH3 is 1. The second kappa shape index (κ2) is 5.71. The number of hydrogen-bond donors (Lipinski definition) is 2. The van der Waals surface area contributed by atoms with E-state index >= 15 is 0 Å². The Balaban J connectivity index is 1.93. The summed E-state index contributed by atoms with van der Waals surface area (Å²) in [4.78, 5) is 24.2. The van der Waals surface area contributed by atoms with Crippen molar-refractivity contribution in [3.63, 3.8) is 0 Å². The lowest BCUT2D eigenvalue weighted by molar-refractivity contribution is -0.122. The fourth-order valence-corrected chi connectivity index (χ4v) is 2.00. The van der Waals surface area contributed by atoms with Gasteiger partial charge in [0.05, 0.1) is 19.7 Å². The molecule has 0 bridgehead atoms. The van der Waals surface area contributed by atoms with Gasteiger partial charge in [0.1, 0.15) is 5.75 Å². The second-order valence-electron chi connectivity index (χ2n) is 4.42. The van der Waals surface area contributed by atoms with Crippen LogP contribution >= 0.6 is 0 Å². The highest BCUT2D eigenvalue weighted by atomic mass is 16.5. The minimum atomic E-state index is -0.542. The smallest absolute Gasteiger partial charge is 0.325 e. The minimum Gasteiger partial charge on any atom is -0.497 e. The fourth-order valence-electron chi connectivity index (χ4n) is 2.00. The van der Waals surface area contributed by atoms with Crippen molar-refractivity contribution in [3.8, 4) is 5.75 Å². The van der Waals surface area contributed by atoms with Gasteiger partial charge in [0.15, 0.2) is 0 Å². The number of hydrogen-bond acceptors (Lipinski definition) is 4. The maximum absolute atomic E-state index is 11.6.